The van der Waals surface area contributed by atoms with Crippen molar-refractivity contribution in [3.05, 3.63) is 30.0 Å². The number of H-pyrrole nitrogens is 1. The lowest BCUT2D eigenvalue weighted by Gasteiger charge is -2.10. The van der Waals surface area contributed by atoms with Gasteiger partial charge in [0, 0.05) is 28.9 Å². The summed E-state index contributed by atoms with van der Waals surface area (Å²) in [4.78, 5) is 14.3. The zero-order chi connectivity index (χ0) is 14.2. The van der Waals surface area contributed by atoms with Crippen LogP contribution in [0.5, 0.6) is 0 Å². The van der Waals surface area contributed by atoms with Crippen LogP contribution in [0.1, 0.15) is 11.6 Å². The maximum Gasteiger partial charge on any atom is 0.325 e. The molecule has 0 radical (unpaired) electrons. The molecule has 2 rings (SSSR count). The van der Waals surface area contributed by atoms with Crippen molar-refractivity contribution >= 4 is 26.7 Å². The molecule has 6 nitrogen and oxygen atoms in total. The molecular formula is C12H14N2O4S. The van der Waals surface area contributed by atoms with Gasteiger partial charge < -0.3 is 15.4 Å². The van der Waals surface area contributed by atoms with Gasteiger partial charge in [-0.1, -0.05) is 0 Å². The molecule has 7 heteroatoms. The number of hydrogen-bond donors (Lipinski definition) is 3. The SMILES string of the molecule is CNC(C(=O)O)c1c[nH]c2ccc(S(C)(=O)=O)cc12. The molecule has 0 bridgehead atoms. The van der Waals surface area contributed by atoms with E-state index in [1.165, 1.54) is 19.2 Å². The number of carboxylic acid groups (broad SMARTS) is 1. The first-order chi connectivity index (χ1) is 8.84. The molecule has 1 heterocycles. The third-order valence-electron chi connectivity index (χ3n) is 2.96. The molecule has 0 aliphatic heterocycles. The molecule has 1 atom stereocenters. The minimum absolute atomic E-state index is 0.168. The summed E-state index contributed by atoms with van der Waals surface area (Å²) in [5.41, 5.74) is 1.21. The van der Waals surface area contributed by atoms with E-state index in [0.717, 1.165) is 6.26 Å². The lowest BCUT2D eigenvalue weighted by atomic mass is 10.1. The monoisotopic (exact) mass is 282 g/mol. The Hall–Kier alpha value is -1.86. The van der Waals surface area contributed by atoms with Crippen molar-refractivity contribution in [3.63, 3.8) is 0 Å². The Kier molecular flexibility index (Phi) is 3.34. The van der Waals surface area contributed by atoms with Crippen LogP contribution < -0.4 is 5.32 Å². The smallest absolute Gasteiger partial charge is 0.325 e. The quantitative estimate of drug-likeness (QED) is 0.774. The topological polar surface area (TPSA) is 99.3 Å². The summed E-state index contributed by atoms with van der Waals surface area (Å²) >= 11 is 0. The number of aromatic amines is 1. The Bertz CT molecular complexity index is 733. The minimum Gasteiger partial charge on any atom is -0.480 e. The highest BCUT2D eigenvalue weighted by atomic mass is 32.2. The van der Waals surface area contributed by atoms with Gasteiger partial charge in [-0.3, -0.25) is 4.79 Å². The Labute approximate surface area is 110 Å². The number of aromatic nitrogens is 1. The predicted molar refractivity (Wildman–Crippen MR) is 70.8 cm³/mol. The molecule has 1 unspecified atom stereocenters. The Morgan fingerprint density at radius 2 is 2.11 bits per heavy atom. The second-order valence-electron chi connectivity index (χ2n) is 4.28. The minimum atomic E-state index is -3.32. The summed E-state index contributed by atoms with van der Waals surface area (Å²) in [5, 5.41) is 12.4. The fourth-order valence-electron chi connectivity index (χ4n) is 2.00. The summed E-state index contributed by atoms with van der Waals surface area (Å²) < 4.78 is 23.1. The predicted octanol–water partition coefficient (Wildman–Crippen LogP) is 0.916. The van der Waals surface area contributed by atoms with Crippen LogP contribution in [0, 0.1) is 0 Å². The van der Waals surface area contributed by atoms with Crippen molar-refractivity contribution in [1.29, 1.82) is 0 Å². The number of carbonyl (C=O) groups is 1. The molecule has 1 aromatic heterocycles. The van der Waals surface area contributed by atoms with Crippen molar-refractivity contribution in [2.45, 2.75) is 10.9 Å². The first kappa shape index (κ1) is 13.6. The Balaban J connectivity index is 2.67. The molecule has 2 aromatic rings. The Morgan fingerprint density at radius 3 is 2.63 bits per heavy atom. The maximum atomic E-state index is 11.5. The molecule has 3 N–H and O–H groups in total. The van der Waals surface area contributed by atoms with Gasteiger partial charge >= 0.3 is 5.97 Å². The van der Waals surface area contributed by atoms with E-state index in [-0.39, 0.29) is 4.90 Å². The molecule has 0 aliphatic carbocycles. The fraction of sp³-hybridized carbons (Fsp3) is 0.250. The summed E-state index contributed by atoms with van der Waals surface area (Å²) in [6.45, 7) is 0. The number of hydrogen-bond acceptors (Lipinski definition) is 4. The first-order valence-electron chi connectivity index (χ1n) is 5.55. The number of benzene rings is 1. The van der Waals surface area contributed by atoms with Crippen molar-refractivity contribution in [2.24, 2.45) is 0 Å². The molecule has 1 aromatic carbocycles. The molecule has 19 heavy (non-hydrogen) atoms. The van der Waals surface area contributed by atoms with Crippen LogP contribution >= 0.6 is 0 Å². The van der Waals surface area contributed by atoms with Crippen molar-refractivity contribution in [2.75, 3.05) is 13.3 Å². The van der Waals surface area contributed by atoms with E-state index in [0.29, 0.717) is 16.5 Å². The van der Waals surface area contributed by atoms with Crippen LogP contribution in [0.3, 0.4) is 0 Å². The second-order valence-corrected chi connectivity index (χ2v) is 6.30. The van der Waals surface area contributed by atoms with Gasteiger partial charge in [0.15, 0.2) is 9.84 Å². The summed E-state index contributed by atoms with van der Waals surface area (Å²) in [6, 6.07) is 3.73. The van der Waals surface area contributed by atoms with E-state index in [4.69, 9.17) is 5.11 Å². The molecular weight excluding hydrogens is 268 g/mol. The number of fused-ring (bicyclic) bond motifs is 1. The van der Waals surface area contributed by atoms with Crippen molar-refractivity contribution in [3.8, 4) is 0 Å². The molecule has 0 amide bonds. The largest absolute Gasteiger partial charge is 0.480 e. The standard InChI is InChI=1S/C12H14N2O4S/c1-13-11(12(15)16)9-6-14-10-4-3-7(5-8(9)10)19(2,17)18/h3-6,11,13-14H,1-2H3,(H,15,16). The average Bonchev–Trinajstić information content (AvgIpc) is 2.72. The van der Waals surface area contributed by atoms with Crippen molar-refractivity contribution in [1.82, 2.24) is 10.3 Å². The van der Waals surface area contributed by atoms with Gasteiger partial charge in [-0.15, -0.1) is 0 Å². The van der Waals surface area contributed by atoms with Crippen LogP contribution in [0.15, 0.2) is 29.3 Å². The molecule has 0 aliphatic rings. The van der Waals surface area contributed by atoms with E-state index >= 15 is 0 Å². The third-order valence-corrected chi connectivity index (χ3v) is 4.07. The number of carboxylic acids is 1. The van der Waals surface area contributed by atoms with Gasteiger partial charge in [0.25, 0.3) is 0 Å². The van der Waals surface area contributed by atoms with Crippen LogP contribution in [0.2, 0.25) is 0 Å². The normalized spacial score (nSPS) is 13.6. The highest BCUT2D eigenvalue weighted by Gasteiger charge is 2.21. The lowest BCUT2D eigenvalue weighted by Crippen LogP contribution is -2.24. The summed E-state index contributed by atoms with van der Waals surface area (Å²) in [5.74, 6) is -1.02. The molecule has 0 saturated heterocycles. The van der Waals surface area contributed by atoms with E-state index in [1.54, 1.807) is 12.3 Å². The van der Waals surface area contributed by atoms with E-state index in [2.05, 4.69) is 10.3 Å². The fourth-order valence-corrected chi connectivity index (χ4v) is 2.65. The summed E-state index contributed by atoms with van der Waals surface area (Å²) in [7, 11) is -1.78. The van der Waals surface area contributed by atoms with Crippen LogP contribution in [0.4, 0.5) is 0 Å². The van der Waals surface area contributed by atoms with Gasteiger partial charge in [-0.25, -0.2) is 8.42 Å². The number of sulfone groups is 1. The van der Waals surface area contributed by atoms with Crippen LogP contribution in [0.25, 0.3) is 10.9 Å². The number of rotatable bonds is 4. The number of nitrogens with one attached hydrogen (secondary N) is 2. The highest BCUT2D eigenvalue weighted by Crippen LogP contribution is 2.26. The maximum absolute atomic E-state index is 11.5. The number of likely N-dealkylation sites (N-methyl/N-ethyl adjacent to an activating group) is 1. The average molecular weight is 282 g/mol. The Morgan fingerprint density at radius 1 is 1.42 bits per heavy atom. The first-order valence-corrected chi connectivity index (χ1v) is 7.45. The van der Waals surface area contributed by atoms with Gasteiger partial charge in [0.2, 0.25) is 0 Å². The molecule has 0 saturated carbocycles. The van der Waals surface area contributed by atoms with Gasteiger partial charge in [-0.05, 0) is 25.2 Å². The van der Waals surface area contributed by atoms with Gasteiger partial charge in [0.1, 0.15) is 6.04 Å². The van der Waals surface area contributed by atoms with Gasteiger partial charge in [-0.2, -0.15) is 0 Å². The second kappa shape index (κ2) is 4.67. The molecule has 0 spiro atoms. The highest BCUT2D eigenvalue weighted by molar-refractivity contribution is 7.90. The van der Waals surface area contributed by atoms with E-state index in [9.17, 15) is 13.2 Å². The van der Waals surface area contributed by atoms with E-state index in [1.807, 2.05) is 0 Å². The zero-order valence-corrected chi connectivity index (χ0v) is 11.3. The molecule has 0 fully saturated rings. The molecule has 102 valence electrons. The lowest BCUT2D eigenvalue weighted by molar-refractivity contribution is -0.139. The van der Waals surface area contributed by atoms with Crippen LogP contribution in [-0.4, -0.2) is 37.8 Å². The van der Waals surface area contributed by atoms with Crippen molar-refractivity contribution < 1.29 is 18.3 Å². The zero-order valence-electron chi connectivity index (χ0n) is 10.5. The van der Waals surface area contributed by atoms with E-state index < -0.39 is 21.8 Å². The third kappa shape index (κ3) is 2.47. The number of aliphatic carboxylic acids is 1. The van der Waals surface area contributed by atoms with Gasteiger partial charge in [0.05, 0.1) is 4.90 Å². The summed E-state index contributed by atoms with van der Waals surface area (Å²) in [6.07, 6.45) is 2.69. The van der Waals surface area contributed by atoms with Crippen LogP contribution in [-0.2, 0) is 14.6 Å².